The van der Waals surface area contributed by atoms with Gasteiger partial charge in [-0.05, 0) is 44.8 Å². The molecule has 0 heterocycles. The van der Waals surface area contributed by atoms with Crippen molar-refractivity contribution in [1.82, 2.24) is 0 Å². The van der Waals surface area contributed by atoms with Crippen molar-refractivity contribution in [2.24, 2.45) is 0 Å². The van der Waals surface area contributed by atoms with Gasteiger partial charge in [-0.1, -0.05) is 19.0 Å². The van der Waals surface area contributed by atoms with Crippen molar-refractivity contribution in [3.05, 3.63) is 29.8 Å². The summed E-state index contributed by atoms with van der Waals surface area (Å²) in [6, 6.07) is 5.37. The van der Waals surface area contributed by atoms with Crippen LogP contribution in [0.4, 0.5) is 0 Å². The van der Waals surface area contributed by atoms with Gasteiger partial charge < -0.3 is 14.2 Å². The average molecular weight is 313 g/mol. The molecule has 0 fully saturated rings. The Morgan fingerprint density at radius 2 is 1.59 bits per heavy atom. The van der Waals surface area contributed by atoms with Crippen molar-refractivity contribution in [3.63, 3.8) is 0 Å². The quantitative estimate of drug-likeness (QED) is 0.545. The molecule has 1 rings (SSSR count). The van der Waals surface area contributed by atoms with E-state index in [1.54, 1.807) is 6.92 Å². The van der Waals surface area contributed by atoms with Crippen molar-refractivity contribution in [2.75, 3.05) is 19.8 Å². The Balaban J connectivity index is 3.80. The molecule has 0 aliphatic carbocycles. The van der Waals surface area contributed by atoms with Crippen molar-refractivity contribution in [1.29, 1.82) is 0 Å². The molecule has 0 saturated heterocycles. The largest absolute Gasteiger partial charge is 0.494 e. The highest BCUT2D eigenvalue weighted by molar-refractivity contribution is 6.06. The van der Waals surface area contributed by atoms with Crippen LogP contribution < -0.4 is 4.74 Å². The lowest BCUT2D eigenvalue weighted by Crippen LogP contribution is -2.45. The Kier molecular flexibility index (Phi) is 4.40. The number of carbonyl (C=O) groups excluding carboxylic acids is 2. The minimum atomic E-state index is -3.31. The van der Waals surface area contributed by atoms with E-state index in [1.165, 1.54) is 38.1 Å². The molecule has 0 atom stereocenters. The van der Waals surface area contributed by atoms with E-state index in [9.17, 15) is 9.59 Å². The third-order valence-electron chi connectivity index (χ3n) is 2.95. The fourth-order valence-corrected chi connectivity index (χ4v) is 1.94. The highest BCUT2D eigenvalue weighted by Crippen LogP contribution is 2.32. The Morgan fingerprint density at radius 3 is 2.00 bits per heavy atom. The summed E-state index contributed by atoms with van der Waals surface area (Å²) >= 11 is 0. The fraction of sp³-hybridized carbons (Fsp3) is 0.529. The van der Waals surface area contributed by atoms with Crippen LogP contribution in [-0.2, 0) is 24.5 Å². The number of esters is 2. The molecule has 0 aliphatic rings. The Bertz CT molecular complexity index is 637. The zero-order valence-electron chi connectivity index (χ0n) is 18.0. The molecule has 0 spiro atoms. The van der Waals surface area contributed by atoms with E-state index in [0.717, 1.165) is 0 Å². The van der Waals surface area contributed by atoms with Gasteiger partial charge in [0.25, 0.3) is 0 Å². The van der Waals surface area contributed by atoms with Gasteiger partial charge in [-0.15, -0.1) is 0 Å². The van der Waals surface area contributed by atoms with Crippen LogP contribution in [0.2, 0.25) is 0 Å². The molecule has 5 heteroatoms. The van der Waals surface area contributed by atoms with Crippen LogP contribution in [0.3, 0.4) is 0 Å². The number of rotatable bonds is 8. The van der Waals surface area contributed by atoms with Crippen molar-refractivity contribution >= 4 is 11.9 Å². The Labute approximate surface area is 138 Å². The first-order valence-electron chi connectivity index (χ1n) is 9.58. The first kappa shape index (κ1) is 11.5. The van der Waals surface area contributed by atoms with Gasteiger partial charge in [0.05, 0.1) is 19.8 Å². The third kappa shape index (κ3) is 3.59. The molecule has 0 aromatic heterocycles. The van der Waals surface area contributed by atoms with Gasteiger partial charge >= 0.3 is 11.9 Å². The summed E-state index contributed by atoms with van der Waals surface area (Å²) in [7, 11) is 0. The molecule has 5 nitrogen and oxygen atoms in total. The molecule has 0 amide bonds. The standard InChI is InChI=1S/C17H24O5/c1-5-17(15(18)21-7-3,16(19)22-8-4)13-9-11-14(12-10-13)20-6-2/h9-12H,5-8H2,1-4H3/i1D3,5D2. The zero-order chi connectivity index (χ0) is 20.9. The highest BCUT2D eigenvalue weighted by atomic mass is 16.6. The first-order chi connectivity index (χ1) is 12.5. The van der Waals surface area contributed by atoms with E-state index >= 15 is 0 Å². The first-order valence-corrected chi connectivity index (χ1v) is 7.08. The Morgan fingerprint density at radius 1 is 1.05 bits per heavy atom. The lowest BCUT2D eigenvalue weighted by Gasteiger charge is -2.28. The van der Waals surface area contributed by atoms with Gasteiger partial charge in [0, 0.05) is 6.85 Å². The van der Waals surface area contributed by atoms with Gasteiger partial charge in [-0.25, -0.2) is 0 Å². The molecule has 0 N–H and O–H groups in total. The molecule has 1 aromatic carbocycles. The zero-order valence-corrected chi connectivity index (χ0v) is 13.0. The monoisotopic (exact) mass is 313 g/mol. The van der Waals surface area contributed by atoms with Crippen LogP contribution in [-0.4, -0.2) is 31.8 Å². The molecule has 0 unspecified atom stereocenters. The lowest BCUT2D eigenvalue weighted by atomic mass is 9.78. The normalized spacial score (nSPS) is 15.5. The van der Waals surface area contributed by atoms with Gasteiger partial charge in [0.2, 0.25) is 0 Å². The van der Waals surface area contributed by atoms with Gasteiger partial charge in [-0.3, -0.25) is 9.59 Å². The topological polar surface area (TPSA) is 61.8 Å². The van der Waals surface area contributed by atoms with E-state index in [4.69, 9.17) is 21.1 Å². The van der Waals surface area contributed by atoms with Crippen LogP contribution in [0.15, 0.2) is 24.3 Å². The van der Waals surface area contributed by atoms with Gasteiger partial charge in [0.1, 0.15) is 5.75 Å². The van der Waals surface area contributed by atoms with E-state index in [2.05, 4.69) is 0 Å². The van der Waals surface area contributed by atoms with E-state index in [1.807, 2.05) is 0 Å². The molecular formula is C17H24O5. The predicted molar refractivity (Wildman–Crippen MR) is 82.8 cm³/mol. The van der Waals surface area contributed by atoms with E-state index in [0.29, 0.717) is 12.4 Å². The second kappa shape index (κ2) is 8.41. The summed E-state index contributed by atoms with van der Waals surface area (Å²) in [6.07, 6.45) is -3.30. The number of hydrogen-bond donors (Lipinski definition) is 0. The smallest absolute Gasteiger partial charge is 0.328 e. The minimum absolute atomic E-state index is 0.173. The maximum Gasteiger partial charge on any atom is 0.328 e. The highest BCUT2D eigenvalue weighted by Gasteiger charge is 2.49. The predicted octanol–water partition coefficient (Wildman–Crippen LogP) is 2.86. The fourth-order valence-electron chi connectivity index (χ4n) is 1.94. The van der Waals surface area contributed by atoms with Crippen molar-refractivity contribution < 1.29 is 30.7 Å². The Hall–Kier alpha value is -2.04. The maximum absolute atomic E-state index is 12.8. The summed E-state index contributed by atoms with van der Waals surface area (Å²) in [5.41, 5.74) is -3.02. The molecular weight excluding hydrogens is 284 g/mol. The lowest BCUT2D eigenvalue weighted by molar-refractivity contribution is -0.165. The summed E-state index contributed by atoms with van der Waals surface area (Å²) < 4.78 is 54.5. The molecule has 0 bridgehead atoms. The molecule has 0 saturated carbocycles. The van der Waals surface area contributed by atoms with Crippen LogP contribution in [0, 0.1) is 0 Å². The van der Waals surface area contributed by atoms with Gasteiger partial charge in [-0.2, -0.15) is 0 Å². The number of hydrogen-bond acceptors (Lipinski definition) is 5. The van der Waals surface area contributed by atoms with Crippen LogP contribution in [0.25, 0.3) is 0 Å². The SMILES string of the molecule is [2H]C([2H])([2H])C([2H])([2H])C(C(=O)OCC)(C(=O)OCC)c1ccc(OCC)cc1. The second-order valence-electron chi connectivity index (χ2n) is 4.27. The minimum Gasteiger partial charge on any atom is -0.494 e. The molecule has 1 aromatic rings. The third-order valence-corrected chi connectivity index (χ3v) is 2.95. The summed E-state index contributed by atoms with van der Waals surface area (Å²) in [6.45, 7) is 1.42. The average Bonchev–Trinajstić information content (AvgIpc) is 2.56. The summed E-state index contributed by atoms with van der Waals surface area (Å²) in [5.74, 6) is -2.24. The van der Waals surface area contributed by atoms with Crippen molar-refractivity contribution in [2.45, 2.75) is 39.4 Å². The summed E-state index contributed by atoms with van der Waals surface area (Å²) in [5, 5.41) is 0. The molecule has 0 radical (unpaired) electrons. The van der Waals surface area contributed by atoms with Crippen molar-refractivity contribution in [3.8, 4) is 5.75 Å². The van der Waals surface area contributed by atoms with Crippen LogP contribution in [0.1, 0.15) is 46.4 Å². The maximum atomic E-state index is 12.8. The molecule has 22 heavy (non-hydrogen) atoms. The van der Waals surface area contributed by atoms with Gasteiger partial charge in [0.15, 0.2) is 5.41 Å². The van der Waals surface area contributed by atoms with Crippen LogP contribution >= 0.6 is 0 Å². The molecule has 0 aliphatic heterocycles. The second-order valence-corrected chi connectivity index (χ2v) is 4.27. The van der Waals surface area contributed by atoms with E-state index in [-0.39, 0.29) is 18.8 Å². The molecule has 122 valence electrons. The number of ether oxygens (including phenoxy) is 3. The summed E-state index contributed by atoms with van der Waals surface area (Å²) in [4.78, 5) is 25.7. The van der Waals surface area contributed by atoms with Crippen LogP contribution in [0.5, 0.6) is 5.75 Å². The number of benzene rings is 1. The number of carbonyl (C=O) groups is 2. The van der Waals surface area contributed by atoms with E-state index < -0.39 is 30.6 Å².